The number of sulfonamides is 1. The number of nitrogens with zero attached hydrogens (tertiary/aromatic N) is 3. The zero-order valence-electron chi connectivity index (χ0n) is 12.2. The van der Waals surface area contributed by atoms with Crippen LogP contribution in [-0.2, 0) is 23.6 Å². The zero-order valence-corrected chi connectivity index (χ0v) is 13.0. The number of hydrogen-bond donors (Lipinski definition) is 1. The molecule has 7 heteroatoms. The number of imidazole rings is 1. The summed E-state index contributed by atoms with van der Waals surface area (Å²) in [5.74, 6) is 0. The van der Waals surface area contributed by atoms with Crippen molar-refractivity contribution in [3.05, 3.63) is 42.4 Å². The van der Waals surface area contributed by atoms with E-state index in [1.807, 2.05) is 19.1 Å². The summed E-state index contributed by atoms with van der Waals surface area (Å²) in [5.41, 5.74) is 7.21. The van der Waals surface area contributed by atoms with Crippen molar-refractivity contribution >= 4 is 15.7 Å². The van der Waals surface area contributed by atoms with Crippen molar-refractivity contribution in [3.63, 3.8) is 0 Å². The first-order valence-electron chi connectivity index (χ1n) is 6.76. The molecule has 2 aromatic rings. The summed E-state index contributed by atoms with van der Waals surface area (Å²) in [6.07, 6.45) is 3.74. The SMILES string of the molecule is CCCN(Cc1ccc(N)cc1)S(=O)(=O)c1cn(C)cn1. The monoisotopic (exact) mass is 308 g/mol. The van der Waals surface area contributed by atoms with Gasteiger partial charge >= 0.3 is 0 Å². The quantitative estimate of drug-likeness (QED) is 0.822. The van der Waals surface area contributed by atoms with Crippen LogP contribution in [0.3, 0.4) is 0 Å². The molecule has 0 unspecified atom stereocenters. The first-order valence-corrected chi connectivity index (χ1v) is 8.20. The smallest absolute Gasteiger partial charge is 0.262 e. The predicted octanol–water partition coefficient (Wildman–Crippen LogP) is 1.60. The van der Waals surface area contributed by atoms with Gasteiger partial charge in [0.1, 0.15) is 0 Å². The zero-order chi connectivity index (χ0) is 15.5. The van der Waals surface area contributed by atoms with Crippen LogP contribution in [0.4, 0.5) is 5.69 Å². The van der Waals surface area contributed by atoms with E-state index in [0.717, 1.165) is 12.0 Å². The van der Waals surface area contributed by atoms with Gasteiger partial charge in [-0.3, -0.25) is 0 Å². The van der Waals surface area contributed by atoms with Crippen molar-refractivity contribution in [1.29, 1.82) is 0 Å². The fourth-order valence-electron chi connectivity index (χ4n) is 2.01. The Morgan fingerprint density at radius 1 is 1.29 bits per heavy atom. The van der Waals surface area contributed by atoms with E-state index in [9.17, 15) is 8.42 Å². The Morgan fingerprint density at radius 3 is 2.48 bits per heavy atom. The Bertz CT molecular complexity index is 692. The van der Waals surface area contributed by atoms with Gasteiger partial charge in [-0.25, -0.2) is 13.4 Å². The van der Waals surface area contributed by atoms with E-state index in [-0.39, 0.29) is 5.03 Å². The Morgan fingerprint density at radius 2 is 1.95 bits per heavy atom. The summed E-state index contributed by atoms with van der Waals surface area (Å²) in [6.45, 7) is 2.71. The average molecular weight is 308 g/mol. The van der Waals surface area contributed by atoms with E-state index in [1.54, 1.807) is 23.7 Å². The molecule has 0 aliphatic rings. The van der Waals surface area contributed by atoms with Gasteiger partial charge in [0.15, 0.2) is 5.03 Å². The van der Waals surface area contributed by atoms with Gasteiger partial charge in [0.25, 0.3) is 10.0 Å². The van der Waals surface area contributed by atoms with E-state index < -0.39 is 10.0 Å². The lowest BCUT2D eigenvalue weighted by atomic mass is 10.2. The first-order chi connectivity index (χ1) is 9.93. The highest BCUT2D eigenvalue weighted by molar-refractivity contribution is 7.89. The minimum Gasteiger partial charge on any atom is -0.399 e. The third kappa shape index (κ3) is 3.62. The van der Waals surface area contributed by atoms with E-state index >= 15 is 0 Å². The number of aromatic nitrogens is 2. The van der Waals surface area contributed by atoms with Gasteiger partial charge in [-0.15, -0.1) is 0 Å². The van der Waals surface area contributed by atoms with Crippen LogP contribution in [0.25, 0.3) is 0 Å². The van der Waals surface area contributed by atoms with Crippen molar-refractivity contribution in [2.45, 2.75) is 24.9 Å². The van der Waals surface area contributed by atoms with Crippen LogP contribution in [0.1, 0.15) is 18.9 Å². The molecular weight excluding hydrogens is 288 g/mol. The third-order valence-electron chi connectivity index (χ3n) is 3.10. The Kier molecular flexibility index (Phi) is 4.64. The molecule has 1 aromatic heterocycles. The van der Waals surface area contributed by atoms with Crippen LogP contribution in [0.5, 0.6) is 0 Å². The highest BCUT2D eigenvalue weighted by Gasteiger charge is 2.26. The van der Waals surface area contributed by atoms with E-state index in [4.69, 9.17) is 5.73 Å². The molecule has 0 saturated carbocycles. The van der Waals surface area contributed by atoms with Gasteiger partial charge in [-0.2, -0.15) is 4.31 Å². The lowest BCUT2D eigenvalue weighted by Crippen LogP contribution is -2.31. The molecule has 1 heterocycles. The van der Waals surface area contributed by atoms with Crippen molar-refractivity contribution in [2.75, 3.05) is 12.3 Å². The molecule has 0 amide bonds. The van der Waals surface area contributed by atoms with Crippen molar-refractivity contribution in [1.82, 2.24) is 13.9 Å². The molecular formula is C14H20N4O2S. The molecule has 6 nitrogen and oxygen atoms in total. The van der Waals surface area contributed by atoms with Gasteiger partial charge in [0, 0.05) is 32.0 Å². The lowest BCUT2D eigenvalue weighted by molar-refractivity contribution is 0.404. The number of anilines is 1. The number of hydrogen-bond acceptors (Lipinski definition) is 4. The van der Waals surface area contributed by atoms with Crippen molar-refractivity contribution in [3.8, 4) is 0 Å². The Labute approximate surface area is 125 Å². The summed E-state index contributed by atoms with van der Waals surface area (Å²) >= 11 is 0. The van der Waals surface area contributed by atoms with Gasteiger partial charge in [0.2, 0.25) is 0 Å². The second-order valence-corrected chi connectivity index (χ2v) is 6.84. The molecule has 21 heavy (non-hydrogen) atoms. The van der Waals surface area contributed by atoms with Crippen LogP contribution in [0, 0.1) is 0 Å². The summed E-state index contributed by atoms with van der Waals surface area (Å²) in [6, 6.07) is 7.22. The summed E-state index contributed by atoms with van der Waals surface area (Å²) in [7, 11) is -1.83. The normalized spacial score (nSPS) is 12.0. The minimum atomic E-state index is -3.58. The molecule has 0 spiro atoms. The van der Waals surface area contributed by atoms with E-state index in [2.05, 4.69) is 4.98 Å². The van der Waals surface area contributed by atoms with Gasteiger partial charge in [0.05, 0.1) is 6.33 Å². The third-order valence-corrected chi connectivity index (χ3v) is 4.83. The highest BCUT2D eigenvalue weighted by Crippen LogP contribution is 2.17. The fraction of sp³-hybridized carbons (Fsp3) is 0.357. The average Bonchev–Trinajstić information content (AvgIpc) is 2.88. The molecule has 0 aliphatic carbocycles. The predicted molar refractivity (Wildman–Crippen MR) is 81.9 cm³/mol. The largest absolute Gasteiger partial charge is 0.399 e. The van der Waals surface area contributed by atoms with Gasteiger partial charge in [-0.1, -0.05) is 19.1 Å². The maximum Gasteiger partial charge on any atom is 0.262 e. The number of rotatable bonds is 6. The Hall–Kier alpha value is -1.86. The molecule has 114 valence electrons. The molecule has 2 N–H and O–H groups in total. The maximum absolute atomic E-state index is 12.6. The van der Waals surface area contributed by atoms with Crippen molar-refractivity contribution < 1.29 is 8.42 Å². The van der Waals surface area contributed by atoms with Crippen LogP contribution < -0.4 is 5.73 Å². The van der Waals surface area contributed by atoms with Gasteiger partial charge < -0.3 is 10.3 Å². The highest BCUT2D eigenvalue weighted by atomic mass is 32.2. The summed E-state index contributed by atoms with van der Waals surface area (Å²) in [5, 5.41) is 0.0777. The number of nitrogens with two attached hydrogens (primary N) is 1. The van der Waals surface area contributed by atoms with Crippen LogP contribution in [0.2, 0.25) is 0 Å². The molecule has 0 saturated heterocycles. The van der Waals surface area contributed by atoms with E-state index in [0.29, 0.717) is 18.8 Å². The number of nitrogen functional groups attached to an aromatic ring is 1. The molecule has 0 fully saturated rings. The standard InChI is InChI=1S/C14H20N4O2S/c1-3-8-18(9-12-4-6-13(15)7-5-12)21(19,20)14-10-17(2)11-16-14/h4-7,10-11H,3,8-9,15H2,1-2H3. The first kappa shape index (κ1) is 15.5. The molecule has 0 radical (unpaired) electrons. The topological polar surface area (TPSA) is 81.2 Å². The minimum absolute atomic E-state index is 0.0777. The molecule has 1 aromatic carbocycles. The van der Waals surface area contributed by atoms with Crippen molar-refractivity contribution in [2.24, 2.45) is 7.05 Å². The van der Waals surface area contributed by atoms with E-state index in [1.165, 1.54) is 16.8 Å². The summed E-state index contributed by atoms with van der Waals surface area (Å²) < 4.78 is 28.3. The second kappa shape index (κ2) is 6.28. The van der Waals surface area contributed by atoms with Crippen LogP contribution in [0.15, 0.2) is 41.8 Å². The summed E-state index contributed by atoms with van der Waals surface area (Å²) in [4.78, 5) is 3.96. The lowest BCUT2D eigenvalue weighted by Gasteiger charge is -2.20. The van der Waals surface area contributed by atoms with Gasteiger partial charge in [-0.05, 0) is 24.1 Å². The molecule has 0 bridgehead atoms. The fourth-order valence-corrected chi connectivity index (χ4v) is 3.50. The molecule has 0 atom stereocenters. The molecule has 2 rings (SSSR count). The maximum atomic E-state index is 12.6. The van der Waals surface area contributed by atoms with Crippen LogP contribution >= 0.6 is 0 Å². The second-order valence-electron chi connectivity index (χ2n) is 4.96. The number of benzene rings is 1. The molecule has 0 aliphatic heterocycles. The number of aryl methyl sites for hydroxylation is 1. The van der Waals surface area contributed by atoms with Crippen LogP contribution in [-0.4, -0.2) is 28.8 Å². The Balaban J connectivity index is 2.27.